The van der Waals surface area contributed by atoms with E-state index in [1.807, 2.05) is 42.5 Å². The van der Waals surface area contributed by atoms with Gasteiger partial charge in [0.1, 0.15) is 5.69 Å². The summed E-state index contributed by atoms with van der Waals surface area (Å²) in [5.41, 5.74) is 3.13. The van der Waals surface area contributed by atoms with E-state index in [4.69, 9.17) is 9.84 Å². The third-order valence-corrected chi connectivity index (χ3v) is 4.75. The highest BCUT2D eigenvalue weighted by molar-refractivity contribution is 7.12. The van der Waals surface area contributed by atoms with E-state index in [-0.39, 0.29) is 11.7 Å². The van der Waals surface area contributed by atoms with Gasteiger partial charge in [0.2, 0.25) is 11.0 Å². The van der Waals surface area contributed by atoms with Crippen molar-refractivity contribution in [3.63, 3.8) is 0 Å². The van der Waals surface area contributed by atoms with Crippen LogP contribution in [-0.2, 0) is 4.79 Å². The number of fused-ring (bicyclic) bond motifs is 1. The Kier molecular flexibility index (Phi) is 4.06. The van der Waals surface area contributed by atoms with Gasteiger partial charge in [-0.15, -0.1) is 0 Å². The molecule has 0 unspecified atom stereocenters. The highest BCUT2D eigenvalue weighted by Crippen LogP contribution is 2.31. The maximum absolute atomic E-state index is 11.7. The van der Waals surface area contributed by atoms with Crippen molar-refractivity contribution in [1.82, 2.24) is 14.8 Å². The van der Waals surface area contributed by atoms with E-state index in [2.05, 4.69) is 4.98 Å². The van der Waals surface area contributed by atoms with E-state index in [0.29, 0.717) is 17.2 Å². The molecule has 0 saturated heterocycles. The number of thiazole rings is 1. The minimum Gasteiger partial charge on any atom is -0.409 e. The van der Waals surface area contributed by atoms with E-state index >= 15 is 0 Å². The summed E-state index contributed by atoms with van der Waals surface area (Å²) in [6.07, 6.45) is 0. The van der Waals surface area contributed by atoms with Crippen molar-refractivity contribution in [3.8, 4) is 22.3 Å². The van der Waals surface area contributed by atoms with E-state index in [1.165, 1.54) is 11.3 Å². The Bertz CT molecular complexity index is 1130. The molecule has 0 spiro atoms. The average Bonchev–Trinajstić information content (AvgIpc) is 3.26. The monoisotopic (exact) mass is 363 g/mol. The molecule has 0 aliphatic heterocycles. The molecule has 4 rings (SSSR count). The Balaban J connectivity index is 1.90. The van der Waals surface area contributed by atoms with Crippen molar-refractivity contribution >= 4 is 34.5 Å². The van der Waals surface area contributed by atoms with Gasteiger partial charge in [-0.05, 0) is 19.1 Å². The number of aromatic nitrogens is 3. The van der Waals surface area contributed by atoms with Crippen LogP contribution in [0.5, 0.6) is 5.88 Å². The average molecular weight is 363 g/mol. The van der Waals surface area contributed by atoms with Gasteiger partial charge in [-0.25, -0.2) is 4.68 Å². The third-order valence-electron chi connectivity index (χ3n) is 3.95. The maximum atomic E-state index is 11.7. The summed E-state index contributed by atoms with van der Waals surface area (Å²) in [5, 5.41) is 7.90. The molecule has 0 amide bonds. The van der Waals surface area contributed by atoms with E-state index in [1.54, 1.807) is 23.1 Å². The number of Topliss-reactive ketones (excluding diaryl/α,β-unsaturated/α-hetero) is 1. The van der Waals surface area contributed by atoms with Gasteiger partial charge < -0.3 is 4.74 Å². The first-order valence-corrected chi connectivity index (χ1v) is 8.70. The van der Waals surface area contributed by atoms with E-state index in [9.17, 15) is 9.59 Å². The van der Waals surface area contributed by atoms with Crippen LogP contribution in [0, 0.1) is 0 Å². The highest BCUT2D eigenvalue weighted by atomic mass is 32.1. The Morgan fingerprint density at radius 3 is 2.85 bits per heavy atom. The number of ether oxygens (including phenoxy) is 1. The first-order valence-electron chi connectivity index (χ1n) is 7.82. The quantitative estimate of drug-likeness (QED) is 0.397. The van der Waals surface area contributed by atoms with Gasteiger partial charge in [0, 0.05) is 16.5 Å². The number of carbonyl (C=O) groups is 2. The van der Waals surface area contributed by atoms with Crippen molar-refractivity contribution in [3.05, 3.63) is 59.5 Å². The van der Waals surface area contributed by atoms with Crippen LogP contribution in [0.2, 0.25) is 0 Å². The van der Waals surface area contributed by atoms with Crippen LogP contribution in [0.4, 0.5) is 0 Å². The molecule has 0 radical (unpaired) electrons. The van der Waals surface area contributed by atoms with Crippen molar-refractivity contribution in [2.75, 3.05) is 0 Å². The van der Waals surface area contributed by atoms with Gasteiger partial charge in [-0.2, -0.15) is 10.1 Å². The van der Waals surface area contributed by atoms with Crippen molar-refractivity contribution in [1.29, 1.82) is 0 Å². The molecule has 2 aromatic heterocycles. The van der Waals surface area contributed by atoms with E-state index in [0.717, 1.165) is 22.2 Å². The summed E-state index contributed by atoms with van der Waals surface area (Å²) in [6, 6.07) is 15.2. The second kappa shape index (κ2) is 6.53. The Morgan fingerprint density at radius 1 is 1.19 bits per heavy atom. The predicted octanol–water partition coefficient (Wildman–Crippen LogP) is 3.89. The lowest BCUT2D eigenvalue weighted by Crippen LogP contribution is -1.97. The fourth-order valence-electron chi connectivity index (χ4n) is 2.76. The largest absolute Gasteiger partial charge is 0.409 e. The zero-order valence-electron chi connectivity index (χ0n) is 13.7. The molecule has 6 nitrogen and oxygen atoms in total. The standard InChI is InChI=1S/C19H13N3O3S/c1-12(24)13-5-4-6-14(9-13)18-15-7-2-3-8-16(15)22(21-18)19-20-17(10-26-19)25-11-23/h2-11H,1H3. The van der Waals surface area contributed by atoms with Crippen LogP contribution in [0.25, 0.3) is 27.3 Å². The van der Waals surface area contributed by atoms with E-state index < -0.39 is 0 Å². The number of ketones is 1. The van der Waals surface area contributed by atoms with Gasteiger partial charge in [0.15, 0.2) is 5.78 Å². The molecule has 2 heterocycles. The molecule has 0 aliphatic rings. The van der Waals surface area contributed by atoms with Gasteiger partial charge >= 0.3 is 0 Å². The minimum absolute atomic E-state index is 0.00571. The Labute approximate surface area is 152 Å². The molecule has 0 N–H and O–H groups in total. The second-order valence-electron chi connectivity index (χ2n) is 5.60. The number of rotatable bonds is 5. The molecule has 4 aromatic rings. The molecule has 128 valence electrons. The fraction of sp³-hybridized carbons (Fsp3) is 0.0526. The summed E-state index contributed by atoms with van der Waals surface area (Å²) < 4.78 is 6.51. The van der Waals surface area contributed by atoms with Crippen molar-refractivity contribution < 1.29 is 14.3 Å². The Morgan fingerprint density at radius 2 is 2.04 bits per heavy atom. The molecular formula is C19H13N3O3S. The second-order valence-corrected chi connectivity index (χ2v) is 6.43. The predicted molar refractivity (Wildman–Crippen MR) is 98.9 cm³/mol. The summed E-state index contributed by atoms with van der Waals surface area (Å²) >= 11 is 1.33. The Hall–Kier alpha value is -3.32. The van der Waals surface area contributed by atoms with Gasteiger partial charge in [-0.3, -0.25) is 9.59 Å². The number of hydrogen-bond acceptors (Lipinski definition) is 6. The summed E-state index contributed by atoms with van der Waals surface area (Å²) in [6.45, 7) is 1.89. The first-order chi connectivity index (χ1) is 12.7. The minimum atomic E-state index is 0.00571. The van der Waals surface area contributed by atoms with Crippen LogP contribution in [0.3, 0.4) is 0 Å². The van der Waals surface area contributed by atoms with Gasteiger partial charge in [0.05, 0.1) is 10.9 Å². The van der Waals surface area contributed by atoms with Crippen LogP contribution in [-0.4, -0.2) is 27.0 Å². The normalized spacial score (nSPS) is 10.8. The number of carbonyl (C=O) groups excluding carboxylic acids is 2. The van der Waals surface area contributed by atoms with Crippen LogP contribution < -0.4 is 4.74 Å². The molecule has 0 fully saturated rings. The highest BCUT2D eigenvalue weighted by Gasteiger charge is 2.16. The zero-order valence-corrected chi connectivity index (χ0v) is 14.6. The lowest BCUT2D eigenvalue weighted by molar-refractivity contribution is -0.120. The third kappa shape index (κ3) is 2.78. The topological polar surface area (TPSA) is 74.1 Å². The molecule has 2 aromatic carbocycles. The SMILES string of the molecule is CC(=O)c1cccc(-c2nn(-c3nc(OC=O)cs3)c3ccccc23)c1. The van der Waals surface area contributed by atoms with Crippen LogP contribution in [0.1, 0.15) is 17.3 Å². The summed E-state index contributed by atoms with van der Waals surface area (Å²) in [5.74, 6) is 0.242. The number of benzene rings is 2. The molecule has 7 heteroatoms. The van der Waals surface area contributed by atoms with Crippen molar-refractivity contribution in [2.24, 2.45) is 0 Å². The number of hydrogen-bond donors (Lipinski definition) is 0. The molecule has 0 atom stereocenters. The summed E-state index contributed by atoms with van der Waals surface area (Å²) in [7, 11) is 0. The molecular weight excluding hydrogens is 350 g/mol. The van der Waals surface area contributed by atoms with Gasteiger partial charge in [0.25, 0.3) is 6.47 Å². The fourth-order valence-corrected chi connectivity index (χ4v) is 3.46. The molecule has 26 heavy (non-hydrogen) atoms. The molecule has 0 aliphatic carbocycles. The van der Waals surface area contributed by atoms with Crippen molar-refractivity contribution in [2.45, 2.75) is 6.92 Å². The van der Waals surface area contributed by atoms with Crippen LogP contribution in [0.15, 0.2) is 53.9 Å². The first kappa shape index (κ1) is 16.2. The molecule has 0 bridgehead atoms. The number of nitrogens with zero attached hydrogens (tertiary/aromatic N) is 3. The lowest BCUT2D eigenvalue weighted by Gasteiger charge is -2.00. The summed E-state index contributed by atoms with van der Waals surface area (Å²) in [4.78, 5) is 26.5. The van der Waals surface area contributed by atoms with Crippen LogP contribution >= 0.6 is 11.3 Å². The van der Waals surface area contributed by atoms with Gasteiger partial charge in [-0.1, -0.05) is 47.7 Å². The lowest BCUT2D eigenvalue weighted by atomic mass is 10.0. The number of para-hydroxylation sites is 1. The maximum Gasteiger partial charge on any atom is 0.299 e. The zero-order chi connectivity index (χ0) is 18.1. The molecule has 0 saturated carbocycles. The smallest absolute Gasteiger partial charge is 0.299 e.